The highest BCUT2D eigenvalue weighted by molar-refractivity contribution is 6.31. The van der Waals surface area contributed by atoms with E-state index in [-0.39, 0.29) is 5.88 Å². The maximum atomic E-state index is 9.87. The van der Waals surface area contributed by atoms with Crippen molar-refractivity contribution in [1.29, 1.82) is 0 Å². The summed E-state index contributed by atoms with van der Waals surface area (Å²) in [6, 6.07) is 9.04. The van der Waals surface area contributed by atoms with Gasteiger partial charge in [-0.3, -0.25) is 4.99 Å². The van der Waals surface area contributed by atoms with Crippen LogP contribution in [0.15, 0.2) is 46.0 Å². The van der Waals surface area contributed by atoms with Gasteiger partial charge in [0.05, 0.1) is 18.4 Å². The van der Waals surface area contributed by atoms with Crippen molar-refractivity contribution in [3.8, 4) is 5.88 Å². The number of rotatable bonds is 3. The zero-order valence-corrected chi connectivity index (χ0v) is 10.7. The highest BCUT2D eigenvalue weighted by Crippen LogP contribution is 2.28. The molecule has 3 rings (SSSR count). The summed E-state index contributed by atoms with van der Waals surface area (Å²) in [5.41, 5.74) is 1.45. The van der Waals surface area contributed by atoms with Crippen LogP contribution in [0.4, 0.5) is 0 Å². The third-order valence-corrected chi connectivity index (χ3v) is 3.06. The number of halogens is 1. The highest BCUT2D eigenvalue weighted by Gasteiger charge is 2.08. The summed E-state index contributed by atoms with van der Waals surface area (Å²) in [6.07, 6.45) is 3.22. The van der Waals surface area contributed by atoms with Gasteiger partial charge in [-0.25, -0.2) is 0 Å². The molecule has 0 amide bonds. The molecule has 0 fully saturated rings. The SMILES string of the molecule is Oc1[nH]c2ccc(Cl)cc2c1C=NCc1ccco1. The van der Waals surface area contributed by atoms with Crippen LogP contribution in [0, 0.1) is 0 Å². The van der Waals surface area contributed by atoms with E-state index in [9.17, 15) is 5.11 Å². The molecule has 0 aliphatic carbocycles. The number of hydrogen-bond donors (Lipinski definition) is 2. The summed E-state index contributed by atoms with van der Waals surface area (Å²) in [5.74, 6) is 0.856. The first-order valence-electron chi connectivity index (χ1n) is 5.76. The molecule has 0 unspecified atom stereocenters. The van der Waals surface area contributed by atoms with Crippen LogP contribution in [-0.4, -0.2) is 16.3 Å². The number of nitrogens with zero attached hydrogens (tertiary/aromatic N) is 1. The molecule has 0 bridgehead atoms. The van der Waals surface area contributed by atoms with E-state index in [4.69, 9.17) is 16.0 Å². The smallest absolute Gasteiger partial charge is 0.198 e. The lowest BCUT2D eigenvalue weighted by Crippen LogP contribution is -1.82. The second-order valence-corrected chi connectivity index (χ2v) is 4.56. The average molecular weight is 275 g/mol. The van der Waals surface area contributed by atoms with Crippen LogP contribution in [0.3, 0.4) is 0 Å². The van der Waals surface area contributed by atoms with Crippen molar-refractivity contribution in [1.82, 2.24) is 4.98 Å². The van der Waals surface area contributed by atoms with Crippen LogP contribution in [-0.2, 0) is 6.54 Å². The number of H-pyrrole nitrogens is 1. The van der Waals surface area contributed by atoms with Crippen molar-refractivity contribution < 1.29 is 9.52 Å². The minimum atomic E-state index is 0.0838. The van der Waals surface area contributed by atoms with E-state index in [1.807, 2.05) is 18.2 Å². The summed E-state index contributed by atoms with van der Waals surface area (Å²) >= 11 is 5.96. The van der Waals surface area contributed by atoms with Crippen LogP contribution >= 0.6 is 11.6 Å². The Kier molecular flexibility index (Phi) is 3.01. The molecule has 1 aromatic carbocycles. The van der Waals surface area contributed by atoms with E-state index in [1.54, 1.807) is 24.6 Å². The van der Waals surface area contributed by atoms with Crippen molar-refractivity contribution >= 4 is 28.7 Å². The van der Waals surface area contributed by atoms with Gasteiger partial charge in [-0.05, 0) is 30.3 Å². The quantitative estimate of drug-likeness (QED) is 0.715. The van der Waals surface area contributed by atoms with Crippen molar-refractivity contribution in [2.24, 2.45) is 4.99 Å². The zero-order chi connectivity index (χ0) is 13.2. The molecule has 5 heteroatoms. The van der Waals surface area contributed by atoms with Crippen molar-refractivity contribution in [3.05, 3.63) is 52.9 Å². The topological polar surface area (TPSA) is 61.5 Å². The van der Waals surface area contributed by atoms with Gasteiger partial charge in [0, 0.05) is 22.1 Å². The summed E-state index contributed by atoms with van der Waals surface area (Å²) in [5, 5.41) is 11.3. The van der Waals surface area contributed by atoms with Crippen LogP contribution < -0.4 is 0 Å². The summed E-state index contributed by atoms with van der Waals surface area (Å²) in [4.78, 5) is 7.14. The van der Waals surface area contributed by atoms with Crippen LogP contribution in [0.25, 0.3) is 10.9 Å². The monoisotopic (exact) mass is 274 g/mol. The number of fused-ring (bicyclic) bond motifs is 1. The first-order valence-corrected chi connectivity index (χ1v) is 6.14. The van der Waals surface area contributed by atoms with E-state index in [1.165, 1.54) is 0 Å². The largest absolute Gasteiger partial charge is 0.494 e. The fraction of sp³-hybridized carbons (Fsp3) is 0.0714. The van der Waals surface area contributed by atoms with E-state index >= 15 is 0 Å². The maximum Gasteiger partial charge on any atom is 0.198 e. The molecule has 0 spiro atoms. The van der Waals surface area contributed by atoms with Gasteiger partial charge in [0.2, 0.25) is 0 Å². The van der Waals surface area contributed by atoms with Gasteiger partial charge in [-0.1, -0.05) is 11.6 Å². The standard InChI is InChI=1S/C14H11ClN2O2/c15-9-3-4-13-11(6-9)12(14(18)17-13)8-16-7-10-2-1-5-19-10/h1-6,8,17-18H,7H2. The lowest BCUT2D eigenvalue weighted by molar-refractivity contribution is 0.457. The Labute approximate surface area is 114 Å². The van der Waals surface area contributed by atoms with Gasteiger partial charge in [-0.15, -0.1) is 0 Å². The molecule has 0 aliphatic rings. The Morgan fingerprint density at radius 3 is 3.05 bits per heavy atom. The molecular weight excluding hydrogens is 264 g/mol. The first-order chi connectivity index (χ1) is 9.24. The van der Waals surface area contributed by atoms with E-state index in [2.05, 4.69) is 9.98 Å². The maximum absolute atomic E-state index is 9.87. The fourth-order valence-corrected chi connectivity index (χ4v) is 2.10. The van der Waals surface area contributed by atoms with Crippen LogP contribution in [0.5, 0.6) is 5.88 Å². The Morgan fingerprint density at radius 1 is 1.37 bits per heavy atom. The molecule has 0 saturated carbocycles. The predicted molar refractivity (Wildman–Crippen MR) is 75.0 cm³/mol. The molecule has 0 atom stereocenters. The molecule has 96 valence electrons. The van der Waals surface area contributed by atoms with Crippen LogP contribution in [0.2, 0.25) is 5.02 Å². The molecule has 2 N–H and O–H groups in total. The van der Waals surface area contributed by atoms with Gasteiger partial charge in [0.15, 0.2) is 5.88 Å². The lowest BCUT2D eigenvalue weighted by Gasteiger charge is -1.94. The highest BCUT2D eigenvalue weighted by atomic mass is 35.5. The average Bonchev–Trinajstić information content (AvgIpc) is 2.99. The molecular formula is C14H11ClN2O2. The molecule has 3 aromatic rings. The number of aromatic hydroxyl groups is 1. The molecule has 0 aliphatic heterocycles. The molecule has 19 heavy (non-hydrogen) atoms. The zero-order valence-electron chi connectivity index (χ0n) is 9.93. The number of nitrogens with one attached hydrogen (secondary N) is 1. The third kappa shape index (κ3) is 2.35. The third-order valence-electron chi connectivity index (χ3n) is 2.83. The molecule has 0 saturated heterocycles. The Morgan fingerprint density at radius 2 is 2.26 bits per heavy atom. The van der Waals surface area contributed by atoms with Crippen LogP contribution in [0.1, 0.15) is 11.3 Å². The summed E-state index contributed by atoms with van der Waals surface area (Å²) in [6.45, 7) is 0.430. The number of aromatic amines is 1. The minimum absolute atomic E-state index is 0.0838. The fourth-order valence-electron chi connectivity index (χ4n) is 1.93. The lowest BCUT2D eigenvalue weighted by atomic mass is 10.2. The van der Waals surface area contributed by atoms with Gasteiger partial charge < -0.3 is 14.5 Å². The Hall–Kier alpha value is -2.20. The molecule has 2 heterocycles. The van der Waals surface area contributed by atoms with Crippen molar-refractivity contribution in [3.63, 3.8) is 0 Å². The number of benzene rings is 1. The normalized spacial score (nSPS) is 11.6. The van der Waals surface area contributed by atoms with E-state index in [0.29, 0.717) is 17.1 Å². The van der Waals surface area contributed by atoms with Gasteiger partial charge in [0.1, 0.15) is 5.76 Å². The second-order valence-electron chi connectivity index (χ2n) is 4.13. The molecule has 4 nitrogen and oxygen atoms in total. The van der Waals surface area contributed by atoms with E-state index < -0.39 is 0 Å². The molecule has 2 aromatic heterocycles. The Balaban J connectivity index is 1.93. The van der Waals surface area contributed by atoms with Crippen molar-refractivity contribution in [2.45, 2.75) is 6.54 Å². The second kappa shape index (κ2) is 4.82. The number of aromatic nitrogens is 1. The predicted octanol–water partition coefficient (Wildman–Crippen LogP) is 3.74. The van der Waals surface area contributed by atoms with Gasteiger partial charge >= 0.3 is 0 Å². The van der Waals surface area contributed by atoms with Gasteiger partial charge in [-0.2, -0.15) is 0 Å². The van der Waals surface area contributed by atoms with Crippen molar-refractivity contribution in [2.75, 3.05) is 0 Å². The number of hydrogen-bond acceptors (Lipinski definition) is 3. The Bertz CT molecular complexity index is 729. The first kappa shape index (κ1) is 11.9. The summed E-state index contributed by atoms with van der Waals surface area (Å²) in [7, 11) is 0. The summed E-state index contributed by atoms with van der Waals surface area (Å²) < 4.78 is 5.18. The van der Waals surface area contributed by atoms with Gasteiger partial charge in [0.25, 0.3) is 0 Å². The number of furan rings is 1. The number of aliphatic imine (C=N–C) groups is 1. The van der Waals surface area contributed by atoms with E-state index in [0.717, 1.165) is 16.7 Å². The minimum Gasteiger partial charge on any atom is -0.494 e. The molecule has 0 radical (unpaired) electrons.